The summed E-state index contributed by atoms with van der Waals surface area (Å²) < 4.78 is 5.85. The number of rotatable bonds is 3. The number of halogens is 2. The number of carbonyl (C=O) groups excluding carboxylic acids is 1. The lowest BCUT2D eigenvalue weighted by Gasteiger charge is -2.07. The molecular weight excluding hydrogens is 440 g/mol. The molecule has 1 fully saturated rings. The minimum absolute atomic E-state index is 0.0349. The van der Waals surface area contributed by atoms with Gasteiger partial charge in [-0.1, -0.05) is 33.6 Å². The number of amides is 1. The molecule has 134 valence electrons. The molecular formula is C18H14BrClN2O3S. The summed E-state index contributed by atoms with van der Waals surface area (Å²) in [6, 6.07) is 8.78. The number of benzene rings is 2. The number of amidine groups is 1. The van der Waals surface area contributed by atoms with Crippen LogP contribution in [0.1, 0.15) is 11.1 Å². The van der Waals surface area contributed by atoms with E-state index >= 15 is 0 Å². The maximum atomic E-state index is 12.2. The zero-order valence-corrected chi connectivity index (χ0v) is 17.0. The number of phenols is 1. The van der Waals surface area contributed by atoms with E-state index in [1.165, 1.54) is 18.9 Å². The minimum Gasteiger partial charge on any atom is -0.504 e. The van der Waals surface area contributed by atoms with Crippen LogP contribution in [-0.2, 0) is 4.79 Å². The van der Waals surface area contributed by atoms with Gasteiger partial charge in [-0.25, -0.2) is 4.99 Å². The van der Waals surface area contributed by atoms with E-state index in [0.29, 0.717) is 32.1 Å². The average molecular weight is 454 g/mol. The first-order valence-electron chi connectivity index (χ1n) is 7.49. The van der Waals surface area contributed by atoms with Gasteiger partial charge in [0.15, 0.2) is 16.7 Å². The maximum Gasteiger partial charge on any atom is 0.264 e. The molecule has 5 nitrogen and oxygen atoms in total. The SMILES string of the molecule is COc1cc(Br)cc(/C=C2\SC(=Nc3ccc(C)c(Cl)c3)NC2=O)c1O. The molecule has 1 saturated heterocycles. The van der Waals surface area contributed by atoms with Crippen LogP contribution < -0.4 is 10.1 Å². The Morgan fingerprint density at radius 2 is 2.12 bits per heavy atom. The van der Waals surface area contributed by atoms with Crippen molar-refractivity contribution in [2.75, 3.05) is 7.11 Å². The fourth-order valence-corrected chi connectivity index (χ4v) is 3.71. The summed E-state index contributed by atoms with van der Waals surface area (Å²) in [5.74, 6) is -0.00424. The number of hydrogen-bond acceptors (Lipinski definition) is 5. The Hall–Kier alpha value is -1.96. The molecule has 3 rings (SSSR count). The topological polar surface area (TPSA) is 70.9 Å². The van der Waals surface area contributed by atoms with Gasteiger partial charge in [0.1, 0.15) is 0 Å². The van der Waals surface area contributed by atoms with Gasteiger partial charge in [0.05, 0.1) is 17.7 Å². The molecule has 8 heteroatoms. The number of methoxy groups -OCH3 is 1. The van der Waals surface area contributed by atoms with Gasteiger partial charge in [0.25, 0.3) is 5.91 Å². The van der Waals surface area contributed by atoms with Crippen molar-refractivity contribution in [3.63, 3.8) is 0 Å². The number of nitrogens with zero attached hydrogens (tertiary/aromatic N) is 1. The molecule has 2 N–H and O–H groups in total. The van der Waals surface area contributed by atoms with Gasteiger partial charge in [0.2, 0.25) is 0 Å². The third kappa shape index (κ3) is 4.06. The number of phenolic OH excluding ortho intramolecular Hbond substituents is 1. The summed E-state index contributed by atoms with van der Waals surface area (Å²) in [6.45, 7) is 1.91. The van der Waals surface area contributed by atoms with Gasteiger partial charge in [-0.2, -0.15) is 0 Å². The highest BCUT2D eigenvalue weighted by Gasteiger charge is 2.24. The van der Waals surface area contributed by atoms with E-state index in [2.05, 4.69) is 26.2 Å². The van der Waals surface area contributed by atoms with Crippen LogP contribution in [0.5, 0.6) is 11.5 Å². The van der Waals surface area contributed by atoms with Gasteiger partial charge in [-0.15, -0.1) is 0 Å². The zero-order chi connectivity index (χ0) is 18.8. The Balaban J connectivity index is 1.90. The van der Waals surface area contributed by atoms with Crippen molar-refractivity contribution in [3.8, 4) is 11.5 Å². The van der Waals surface area contributed by atoms with Crippen molar-refractivity contribution in [2.24, 2.45) is 4.99 Å². The van der Waals surface area contributed by atoms with Crippen LogP contribution in [0.4, 0.5) is 5.69 Å². The first kappa shape index (κ1) is 18.8. The van der Waals surface area contributed by atoms with Gasteiger partial charge in [-0.05, 0) is 54.6 Å². The molecule has 0 saturated carbocycles. The van der Waals surface area contributed by atoms with Gasteiger partial charge >= 0.3 is 0 Å². The minimum atomic E-state index is -0.287. The summed E-state index contributed by atoms with van der Waals surface area (Å²) in [6.07, 6.45) is 1.59. The maximum absolute atomic E-state index is 12.2. The number of aryl methyl sites for hydroxylation is 1. The first-order valence-corrected chi connectivity index (χ1v) is 9.48. The van der Waals surface area contributed by atoms with Crippen LogP contribution in [0.3, 0.4) is 0 Å². The molecule has 0 bridgehead atoms. The highest BCUT2D eigenvalue weighted by Crippen LogP contribution is 2.37. The molecule has 1 heterocycles. The van der Waals surface area contributed by atoms with Crippen molar-refractivity contribution in [1.82, 2.24) is 5.32 Å². The summed E-state index contributed by atoms with van der Waals surface area (Å²) in [7, 11) is 1.47. The van der Waals surface area contributed by atoms with Crippen LogP contribution in [0.25, 0.3) is 6.08 Å². The molecule has 0 spiro atoms. The number of ether oxygens (including phenoxy) is 1. The fourth-order valence-electron chi connectivity index (χ4n) is 2.25. The molecule has 26 heavy (non-hydrogen) atoms. The predicted octanol–water partition coefficient (Wildman–Crippen LogP) is 5.02. The number of carbonyl (C=O) groups is 1. The van der Waals surface area contributed by atoms with E-state index in [9.17, 15) is 9.90 Å². The van der Waals surface area contributed by atoms with E-state index < -0.39 is 0 Å². The summed E-state index contributed by atoms with van der Waals surface area (Å²) in [5.41, 5.74) is 2.07. The summed E-state index contributed by atoms with van der Waals surface area (Å²) in [4.78, 5) is 17.0. The van der Waals surface area contributed by atoms with Crippen molar-refractivity contribution in [3.05, 3.63) is 55.9 Å². The van der Waals surface area contributed by atoms with Crippen LogP contribution in [0.2, 0.25) is 5.02 Å². The molecule has 0 atom stereocenters. The van der Waals surface area contributed by atoms with Gasteiger partial charge in [-0.3, -0.25) is 4.79 Å². The molecule has 1 aliphatic heterocycles. The number of nitrogens with one attached hydrogen (secondary N) is 1. The van der Waals surface area contributed by atoms with Crippen molar-refractivity contribution in [2.45, 2.75) is 6.92 Å². The third-order valence-electron chi connectivity index (χ3n) is 3.61. The lowest BCUT2D eigenvalue weighted by molar-refractivity contribution is -0.115. The van der Waals surface area contributed by atoms with Crippen LogP contribution >= 0.6 is 39.3 Å². The number of aromatic hydroxyl groups is 1. The second kappa shape index (κ2) is 7.73. The Morgan fingerprint density at radius 1 is 1.35 bits per heavy atom. The van der Waals surface area contributed by atoms with Crippen molar-refractivity contribution in [1.29, 1.82) is 0 Å². The van der Waals surface area contributed by atoms with Gasteiger partial charge in [0, 0.05) is 15.1 Å². The Morgan fingerprint density at radius 3 is 2.81 bits per heavy atom. The van der Waals surface area contributed by atoms with Crippen LogP contribution in [-0.4, -0.2) is 23.3 Å². The smallest absolute Gasteiger partial charge is 0.264 e. The van der Waals surface area contributed by atoms with E-state index in [0.717, 1.165) is 10.0 Å². The zero-order valence-electron chi connectivity index (χ0n) is 13.8. The Bertz CT molecular complexity index is 960. The standard InChI is InChI=1S/C18H14BrClN2O3S/c1-9-3-4-12(8-13(9)20)21-18-22-17(24)15(26-18)6-10-5-11(19)7-14(25-2)16(10)23/h3-8,23H,1-2H3,(H,21,22,24)/b15-6-. The predicted molar refractivity (Wildman–Crippen MR) is 109 cm³/mol. The monoisotopic (exact) mass is 452 g/mol. The number of hydrogen-bond donors (Lipinski definition) is 2. The van der Waals surface area contributed by atoms with Crippen molar-refractivity contribution < 1.29 is 14.6 Å². The Labute approximate surface area is 168 Å². The quantitative estimate of drug-likeness (QED) is 0.640. The van der Waals surface area contributed by atoms with Crippen molar-refractivity contribution >= 4 is 62.1 Å². The normalized spacial score (nSPS) is 17.0. The molecule has 1 amide bonds. The van der Waals surface area contributed by atoms with E-state index in [1.54, 1.807) is 24.3 Å². The van der Waals surface area contributed by atoms with E-state index in [4.69, 9.17) is 16.3 Å². The fraction of sp³-hybridized carbons (Fsp3) is 0.111. The molecule has 1 aliphatic rings. The van der Waals surface area contributed by atoms with E-state index in [1.807, 2.05) is 19.1 Å². The molecule has 2 aromatic carbocycles. The summed E-state index contributed by atoms with van der Waals surface area (Å²) in [5, 5.41) is 14.0. The number of aliphatic imine (C=N–C) groups is 1. The van der Waals surface area contributed by atoms with Gasteiger partial charge < -0.3 is 15.2 Å². The second-order valence-electron chi connectivity index (χ2n) is 5.46. The molecule has 0 aliphatic carbocycles. The summed E-state index contributed by atoms with van der Waals surface area (Å²) >= 11 is 10.6. The average Bonchev–Trinajstić information content (AvgIpc) is 2.93. The number of thioether (sulfide) groups is 1. The molecule has 0 unspecified atom stereocenters. The Kier molecular flexibility index (Phi) is 5.60. The second-order valence-corrected chi connectivity index (χ2v) is 7.81. The molecule has 2 aromatic rings. The molecule has 0 aromatic heterocycles. The third-order valence-corrected chi connectivity index (χ3v) is 5.39. The van der Waals surface area contributed by atoms with E-state index in [-0.39, 0.29) is 11.7 Å². The highest BCUT2D eigenvalue weighted by molar-refractivity contribution is 9.10. The highest BCUT2D eigenvalue weighted by atomic mass is 79.9. The van der Waals surface area contributed by atoms with Crippen LogP contribution in [0.15, 0.2) is 44.7 Å². The largest absolute Gasteiger partial charge is 0.504 e. The lowest BCUT2D eigenvalue weighted by atomic mass is 10.1. The first-order chi connectivity index (χ1) is 12.4. The van der Waals surface area contributed by atoms with Crippen LogP contribution in [0, 0.1) is 6.92 Å². The lowest BCUT2D eigenvalue weighted by Crippen LogP contribution is -2.19. The molecule has 0 radical (unpaired) electrons.